The van der Waals surface area contributed by atoms with Crippen molar-refractivity contribution >= 4 is 47.0 Å². The summed E-state index contributed by atoms with van der Waals surface area (Å²) >= 11 is 5.64. The van der Waals surface area contributed by atoms with Crippen molar-refractivity contribution in [3.8, 4) is 0 Å². The molecular formula is C25H26ClF7N6O6. The minimum absolute atomic E-state index is 0.0422. The van der Waals surface area contributed by atoms with Crippen molar-refractivity contribution in [2.75, 3.05) is 18.9 Å². The Hall–Kier alpha value is -4.65. The zero-order chi connectivity index (χ0) is 34.7. The molecule has 1 aliphatic rings. The number of nitrogens with two attached hydrogens (primary N) is 2. The summed E-state index contributed by atoms with van der Waals surface area (Å²) in [5.74, 6) is -8.13. The molecule has 0 unspecified atom stereocenters. The van der Waals surface area contributed by atoms with E-state index in [9.17, 15) is 40.3 Å². The Morgan fingerprint density at radius 3 is 1.98 bits per heavy atom. The first-order valence-corrected chi connectivity index (χ1v) is 12.5. The van der Waals surface area contributed by atoms with Gasteiger partial charge in [0, 0.05) is 24.7 Å². The first kappa shape index (κ1) is 38.4. The minimum atomic E-state index is -5.08. The number of carbonyl (C=O) groups is 4. The molecule has 9 N–H and O–H groups in total. The number of carbonyl (C=O) groups excluding carboxylic acids is 2. The van der Waals surface area contributed by atoms with E-state index in [0.717, 1.165) is 22.8 Å². The van der Waals surface area contributed by atoms with Gasteiger partial charge in [-0.1, -0.05) is 29.8 Å². The Morgan fingerprint density at radius 2 is 1.51 bits per heavy atom. The standard InChI is InChI=1S/C21H24ClFN6O2.2C2HF3O2/c1-26-9-11-2-4-15-12(6-11)7-13(10-27-21(24)25)18(15)29-20(31)19(30)28-14-3-5-16(22)17(23)8-14;2*3-2(4,5)1(6)7/h2-6,8,13,18,26H,7,9-10H2,1H3,(H,28,30)(H,29,31)(H4,24,25,27);2*(H,6,7)/t13-,18-;;/m1../s1. The molecule has 0 radical (unpaired) electrons. The van der Waals surface area contributed by atoms with Gasteiger partial charge in [-0.2, -0.15) is 26.3 Å². The van der Waals surface area contributed by atoms with Crippen LogP contribution < -0.4 is 27.4 Å². The molecule has 2 amide bonds. The van der Waals surface area contributed by atoms with Crippen LogP contribution in [0.25, 0.3) is 0 Å². The van der Waals surface area contributed by atoms with Crippen LogP contribution in [-0.4, -0.2) is 65.9 Å². The molecule has 0 aliphatic heterocycles. The lowest BCUT2D eigenvalue weighted by molar-refractivity contribution is -0.193. The number of carboxylic acids is 2. The van der Waals surface area contributed by atoms with Crippen molar-refractivity contribution < 1.29 is 60.1 Å². The minimum Gasteiger partial charge on any atom is -0.475 e. The molecule has 0 fully saturated rings. The van der Waals surface area contributed by atoms with Crippen LogP contribution in [0.4, 0.5) is 36.4 Å². The van der Waals surface area contributed by atoms with Crippen molar-refractivity contribution in [3.63, 3.8) is 0 Å². The van der Waals surface area contributed by atoms with Gasteiger partial charge in [-0.15, -0.1) is 0 Å². The summed E-state index contributed by atoms with van der Waals surface area (Å²) < 4.78 is 77.1. The van der Waals surface area contributed by atoms with Gasteiger partial charge in [0.1, 0.15) is 5.82 Å². The van der Waals surface area contributed by atoms with E-state index in [4.69, 9.17) is 42.9 Å². The highest BCUT2D eigenvalue weighted by Gasteiger charge is 2.39. The summed E-state index contributed by atoms with van der Waals surface area (Å²) in [6.07, 6.45) is -9.52. The van der Waals surface area contributed by atoms with Crippen molar-refractivity contribution in [1.82, 2.24) is 10.6 Å². The Kier molecular flexibility index (Phi) is 14.0. The molecule has 0 saturated heterocycles. The van der Waals surface area contributed by atoms with Gasteiger partial charge in [0.05, 0.1) is 11.1 Å². The highest BCUT2D eigenvalue weighted by molar-refractivity contribution is 6.39. The number of nitrogens with zero attached hydrogens (tertiary/aromatic N) is 1. The topological polar surface area (TPSA) is 209 Å². The van der Waals surface area contributed by atoms with Crippen LogP contribution in [0.15, 0.2) is 41.4 Å². The number of alkyl halides is 6. The maximum absolute atomic E-state index is 13.6. The number of nitrogens with one attached hydrogen (secondary N) is 3. The first-order valence-electron chi connectivity index (χ1n) is 12.2. The number of fused-ring (bicyclic) bond motifs is 1. The van der Waals surface area contributed by atoms with Gasteiger partial charge in [-0.3, -0.25) is 14.6 Å². The van der Waals surface area contributed by atoms with E-state index in [1.54, 1.807) is 0 Å². The highest BCUT2D eigenvalue weighted by atomic mass is 35.5. The van der Waals surface area contributed by atoms with E-state index in [2.05, 4.69) is 27.0 Å². The predicted octanol–water partition coefficient (Wildman–Crippen LogP) is 2.71. The molecule has 2 atom stereocenters. The lowest BCUT2D eigenvalue weighted by Gasteiger charge is -2.20. The fourth-order valence-corrected chi connectivity index (χ4v) is 3.78. The zero-order valence-corrected chi connectivity index (χ0v) is 23.6. The zero-order valence-electron chi connectivity index (χ0n) is 22.9. The Morgan fingerprint density at radius 1 is 0.956 bits per heavy atom. The van der Waals surface area contributed by atoms with Crippen LogP contribution in [0.3, 0.4) is 0 Å². The summed E-state index contributed by atoms with van der Waals surface area (Å²) in [6.45, 7) is 1.01. The quantitative estimate of drug-likeness (QED) is 0.104. The number of hydrogen-bond acceptors (Lipinski definition) is 6. The number of rotatable bonds is 6. The van der Waals surface area contributed by atoms with Gasteiger partial charge >= 0.3 is 36.1 Å². The fourth-order valence-electron chi connectivity index (χ4n) is 3.66. The summed E-state index contributed by atoms with van der Waals surface area (Å²) in [7, 11) is 1.86. The number of hydrogen-bond donors (Lipinski definition) is 7. The second-order valence-electron chi connectivity index (χ2n) is 8.93. The molecule has 45 heavy (non-hydrogen) atoms. The SMILES string of the molecule is CNCc1ccc2c(c1)C[C@H](CN=C(N)N)[C@H]2NC(=O)C(=O)Nc1ccc(Cl)c(F)c1.O=C(O)C(F)(F)F.O=C(O)C(F)(F)F. The second kappa shape index (κ2) is 16.4. The number of anilines is 1. The number of amides is 2. The van der Waals surface area contributed by atoms with Gasteiger partial charge in [0.15, 0.2) is 5.96 Å². The molecule has 248 valence electrons. The molecule has 2 aromatic rings. The summed E-state index contributed by atoms with van der Waals surface area (Å²) in [5, 5.41) is 22.4. The van der Waals surface area contributed by atoms with E-state index >= 15 is 0 Å². The number of benzene rings is 2. The van der Waals surface area contributed by atoms with Crippen LogP contribution in [0.5, 0.6) is 0 Å². The maximum atomic E-state index is 13.6. The van der Waals surface area contributed by atoms with Crippen LogP contribution >= 0.6 is 11.6 Å². The number of guanidine groups is 1. The van der Waals surface area contributed by atoms with E-state index < -0.39 is 48.0 Å². The third-order valence-electron chi connectivity index (χ3n) is 5.54. The van der Waals surface area contributed by atoms with Gasteiger partial charge < -0.3 is 37.6 Å². The predicted molar refractivity (Wildman–Crippen MR) is 145 cm³/mol. The summed E-state index contributed by atoms with van der Waals surface area (Å²) in [5.41, 5.74) is 14.2. The van der Waals surface area contributed by atoms with Crippen molar-refractivity contribution in [2.45, 2.75) is 31.4 Å². The first-order chi connectivity index (χ1) is 20.7. The molecule has 0 spiro atoms. The van der Waals surface area contributed by atoms with E-state index in [-0.39, 0.29) is 22.6 Å². The fraction of sp³-hybridized carbons (Fsp3) is 0.320. The second-order valence-corrected chi connectivity index (χ2v) is 9.34. The summed E-state index contributed by atoms with van der Waals surface area (Å²) in [6, 6.07) is 9.28. The number of aliphatic imine (C=N–C) groups is 1. The van der Waals surface area contributed by atoms with Crippen LogP contribution in [0.1, 0.15) is 22.7 Å². The average molecular weight is 675 g/mol. The molecule has 20 heteroatoms. The van der Waals surface area contributed by atoms with Crippen LogP contribution in [0.2, 0.25) is 5.02 Å². The molecule has 0 saturated carbocycles. The lowest BCUT2D eigenvalue weighted by atomic mass is 10.0. The number of aliphatic carboxylic acids is 2. The molecule has 0 heterocycles. The highest BCUT2D eigenvalue weighted by Crippen LogP contribution is 2.37. The molecule has 3 rings (SSSR count). The molecule has 1 aliphatic carbocycles. The third-order valence-corrected chi connectivity index (χ3v) is 5.85. The van der Waals surface area contributed by atoms with E-state index in [1.807, 2.05) is 19.2 Å². The Labute approximate surface area is 254 Å². The molecule has 0 aromatic heterocycles. The molecular weight excluding hydrogens is 649 g/mol. The van der Waals surface area contributed by atoms with Gasteiger partial charge in [0.25, 0.3) is 0 Å². The molecule has 0 bridgehead atoms. The van der Waals surface area contributed by atoms with Gasteiger partial charge in [-0.25, -0.2) is 14.0 Å². The largest absolute Gasteiger partial charge is 0.490 e. The van der Waals surface area contributed by atoms with Crippen molar-refractivity contribution in [3.05, 3.63) is 63.9 Å². The van der Waals surface area contributed by atoms with Crippen molar-refractivity contribution in [1.29, 1.82) is 0 Å². The summed E-state index contributed by atoms with van der Waals surface area (Å²) in [4.78, 5) is 46.8. The van der Waals surface area contributed by atoms with E-state index in [1.165, 1.54) is 12.1 Å². The molecule has 12 nitrogen and oxygen atoms in total. The Bertz CT molecular complexity index is 1390. The smallest absolute Gasteiger partial charge is 0.475 e. The monoisotopic (exact) mass is 674 g/mol. The van der Waals surface area contributed by atoms with Crippen LogP contribution in [0, 0.1) is 11.7 Å². The third kappa shape index (κ3) is 12.9. The van der Waals surface area contributed by atoms with E-state index in [0.29, 0.717) is 19.5 Å². The number of halogens is 8. The van der Waals surface area contributed by atoms with Crippen LogP contribution in [-0.2, 0) is 32.1 Å². The average Bonchev–Trinajstić information content (AvgIpc) is 3.25. The van der Waals surface area contributed by atoms with Gasteiger partial charge in [-0.05, 0) is 48.4 Å². The normalized spacial score (nSPS) is 15.2. The van der Waals surface area contributed by atoms with Gasteiger partial charge in [0.2, 0.25) is 0 Å². The number of carboxylic acid groups (broad SMARTS) is 2. The maximum Gasteiger partial charge on any atom is 0.490 e. The molecule has 2 aromatic carbocycles. The Balaban J connectivity index is 0.000000601. The lowest BCUT2D eigenvalue weighted by Crippen LogP contribution is -2.40. The van der Waals surface area contributed by atoms with Crippen molar-refractivity contribution in [2.24, 2.45) is 22.4 Å².